The van der Waals surface area contributed by atoms with E-state index in [0.717, 1.165) is 11.2 Å². The molecule has 0 aliphatic heterocycles. The van der Waals surface area contributed by atoms with Crippen LogP contribution < -0.4 is 5.59 Å². The van der Waals surface area contributed by atoms with Crippen molar-refractivity contribution in [3.63, 3.8) is 0 Å². The number of nitrogens with zero attached hydrogens (tertiary/aromatic N) is 3. The zero-order chi connectivity index (χ0) is 16.8. The molecule has 0 saturated heterocycles. The van der Waals surface area contributed by atoms with Crippen molar-refractivity contribution in [2.45, 2.75) is 31.1 Å². The third kappa shape index (κ3) is 2.76. The second-order valence-electron chi connectivity index (χ2n) is 6.61. The molecule has 2 aromatic heterocycles. The van der Waals surface area contributed by atoms with Crippen molar-refractivity contribution in [2.24, 2.45) is 0 Å². The van der Waals surface area contributed by atoms with Gasteiger partial charge >= 0.3 is 0 Å². The van der Waals surface area contributed by atoms with Crippen molar-refractivity contribution in [1.29, 1.82) is 0 Å². The maximum absolute atomic E-state index is 12.8. The predicted octanol–water partition coefficient (Wildman–Crippen LogP) is 1.22. The molecule has 0 unspecified atom stereocenters. The maximum Gasteiger partial charge on any atom is 0.269 e. The van der Waals surface area contributed by atoms with Gasteiger partial charge in [0.1, 0.15) is 5.52 Å². The molecule has 0 bridgehead atoms. The Hall–Kier alpha value is -2.15. The molecule has 0 aliphatic carbocycles. The molecular weight excluding hydrogens is 309 g/mol. The van der Waals surface area contributed by atoms with Gasteiger partial charge in [-0.2, -0.15) is 0 Å². The van der Waals surface area contributed by atoms with Gasteiger partial charge in [0.05, 0.1) is 4.90 Å². The summed E-state index contributed by atoms with van der Waals surface area (Å²) >= 11 is 0. The summed E-state index contributed by atoms with van der Waals surface area (Å²) in [6.45, 7) is 6.27. The van der Waals surface area contributed by atoms with Crippen molar-refractivity contribution in [2.75, 3.05) is 0 Å². The first-order valence-corrected chi connectivity index (χ1v) is 8.80. The van der Waals surface area contributed by atoms with Crippen LogP contribution in [-0.4, -0.2) is 30.2 Å². The molecule has 0 radical (unpaired) electrons. The number of benzene rings is 1. The number of hydrogen-bond acceptors (Lipinski definition) is 4. The van der Waals surface area contributed by atoms with E-state index in [2.05, 4.69) is 30.7 Å². The summed E-state index contributed by atoms with van der Waals surface area (Å²) in [5.41, 5.74) is 2.73. The first-order valence-electron chi connectivity index (χ1n) is 7.36. The van der Waals surface area contributed by atoms with Gasteiger partial charge in [-0.15, -0.1) is 0 Å². The van der Waals surface area contributed by atoms with E-state index < -0.39 is 10.0 Å². The normalized spacial score (nSPS) is 12.7. The second-order valence-corrected chi connectivity index (χ2v) is 8.43. The predicted molar refractivity (Wildman–Crippen MR) is 93.4 cm³/mol. The Bertz CT molecular complexity index is 971. The molecule has 0 amide bonds. The summed E-state index contributed by atoms with van der Waals surface area (Å²) in [5.74, 6) is 0. The lowest BCUT2D eigenvalue weighted by Gasteiger charge is -2.19. The lowest BCUT2D eigenvalue weighted by atomic mass is 9.87. The lowest BCUT2D eigenvalue weighted by Crippen LogP contribution is -2.15. The average Bonchev–Trinajstić information content (AvgIpc) is 2.90. The molecule has 0 N–H and O–H groups in total. The second kappa shape index (κ2) is 5.20. The van der Waals surface area contributed by atoms with E-state index in [1.807, 2.05) is 20.0 Å². The van der Waals surface area contributed by atoms with E-state index >= 15 is 0 Å². The molecular formula is C16H18BN3O2S. The third-order valence-electron chi connectivity index (χ3n) is 3.75. The van der Waals surface area contributed by atoms with Gasteiger partial charge < -0.3 is 0 Å². The fraction of sp³-hybridized carbons (Fsp3) is 0.250. The van der Waals surface area contributed by atoms with Gasteiger partial charge in [0.15, 0.2) is 13.5 Å². The Morgan fingerprint density at radius 3 is 2.35 bits per heavy atom. The zero-order valence-corrected chi connectivity index (χ0v) is 14.4. The molecule has 0 aliphatic rings. The van der Waals surface area contributed by atoms with Gasteiger partial charge in [-0.3, -0.25) is 4.98 Å². The first-order chi connectivity index (χ1) is 10.7. The van der Waals surface area contributed by atoms with Crippen LogP contribution in [0.2, 0.25) is 0 Å². The Morgan fingerprint density at radius 1 is 1.09 bits per heavy atom. The van der Waals surface area contributed by atoms with E-state index in [9.17, 15) is 8.42 Å². The molecule has 2 heterocycles. The molecule has 0 fully saturated rings. The van der Waals surface area contributed by atoms with E-state index in [-0.39, 0.29) is 10.3 Å². The fourth-order valence-electron chi connectivity index (χ4n) is 2.41. The average molecular weight is 327 g/mol. The van der Waals surface area contributed by atoms with Gasteiger partial charge in [-0.25, -0.2) is 17.4 Å². The fourth-order valence-corrected chi connectivity index (χ4v) is 3.71. The molecule has 5 nitrogen and oxygen atoms in total. The molecule has 23 heavy (non-hydrogen) atoms. The van der Waals surface area contributed by atoms with E-state index in [1.165, 1.54) is 10.2 Å². The topological polar surface area (TPSA) is 64.8 Å². The van der Waals surface area contributed by atoms with Crippen LogP contribution in [0.5, 0.6) is 0 Å². The summed E-state index contributed by atoms with van der Waals surface area (Å²) < 4.78 is 26.9. The number of rotatable bonds is 2. The zero-order valence-electron chi connectivity index (χ0n) is 13.6. The molecule has 0 atom stereocenters. The van der Waals surface area contributed by atoms with Crippen molar-refractivity contribution in [1.82, 2.24) is 13.9 Å². The smallest absolute Gasteiger partial charge is 0.259 e. The van der Waals surface area contributed by atoms with E-state index in [1.54, 1.807) is 24.4 Å². The Balaban J connectivity index is 2.10. The summed E-state index contributed by atoms with van der Waals surface area (Å²) in [6, 6.07) is 8.66. The van der Waals surface area contributed by atoms with Crippen molar-refractivity contribution in [3.8, 4) is 0 Å². The highest BCUT2D eigenvalue weighted by atomic mass is 32.2. The highest BCUT2D eigenvalue weighted by Gasteiger charge is 2.21. The number of aromatic nitrogens is 3. The summed E-state index contributed by atoms with van der Waals surface area (Å²) in [4.78, 5) is 8.75. The minimum atomic E-state index is -3.68. The Kier molecular flexibility index (Phi) is 3.56. The van der Waals surface area contributed by atoms with E-state index in [4.69, 9.17) is 0 Å². The van der Waals surface area contributed by atoms with Crippen molar-refractivity contribution < 1.29 is 8.42 Å². The SMILES string of the molecule is Bc1cnc2c(ccn2S(=O)(=O)c2ccc(C(C)(C)C)cc2)n1. The van der Waals surface area contributed by atoms with Crippen LogP contribution in [0.15, 0.2) is 47.6 Å². The summed E-state index contributed by atoms with van der Waals surface area (Å²) in [7, 11) is -1.86. The van der Waals surface area contributed by atoms with Crippen LogP contribution in [0.1, 0.15) is 26.3 Å². The minimum absolute atomic E-state index is 0.0224. The van der Waals surface area contributed by atoms with Gasteiger partial charge in [-0.05, 0) is 29.2 Å². The van der Waals surface area contributed by atoms with Gasteiger partial charge in [0.25, 0.3) is 10.0 Å². The van der Waals surface area contributed by atoms with Crippen LogP contribution in [-0.2, 0) is 15.4 Å². The number of hydrogen-bond donors (Lipinski definition) is 0. The Labute approximate surface area is 136 Å². The third-order valence-corrected chi connectivity index (χ3v) is 5.43. The quantitative estimate of drug-likeness (QED) is 0.664. The first kappa shape index (κ1) is 15.7. The van der Waals surface area contributed by atoms with Crippen LogP contribution in [0.25, 0.3) is 11.2 Å². The van der Waals surface area contributed by atoms with Gasteiger partial charge in [0.2, 0.25) is 0 Å². The maximum atomic E-state index is 12.8. The molecule has 0 saturated carbocycles. The molecule has 0 spiro atoms. The molecule has 1 aromatic carbocycles. The highest BCUT2D eigenvalue weighted by molar-refractivity contribution is 7.90. The summed E-state index contributed by atoms with van der Waals surface area (Å²) in [6.07, 6.45) is 3.06. The molecule has 7 heteroatoms. The van der Waals surface area contributed by atoms with Crippen LogP contribution in [0.4, 0.5) is 0 Å². The van der Waals surface area contributed by atoms with Crippen LogP contribution in [0.3, 0.4) is 0 Å². The Morgan fingerprint density at radius 2 is 1.74 bits per heavy atom. The molecule has 118 valence electrons. The largest absolute Gasteiger partial charge is 0.269 e. The minimum Gasteiger partial charge on any atom is -0.259 e. The summed E-state index contributed by atoms with van der Waals surface area (Å²) in [5, 5.41) is 0. The highest BCUT2D eigenvalue weighted by Crippen LogP contribution is 2.25. The monoisotopic (exact) mass is 327 g/mol. The molecule has 3 aromatic rings. The lowest BCUT2D eigenvalue weighted by molar-refractivity contribution is 0.583. The van der Waals surface area contributed by atoms with Crippen LogP contribution >= 0.6 is 0 Å². The van der Waals surface area contributed by atoms with Crippen molar-refractivity contribution >= 4 is 34.6 Å². The van der Waals surface area contributed by atoms with Gasteiger partial charge in [0, 0.05) is 18.0 Å². The standard InChI is InChI=1S/C16H18BN3O2S/c1-16(2,3)11-4-6-12(7-5-11)23(21,22)20-9-8-13-15(20)18-10-14(17)19-13/h4-10H,17H2,1-3H3. The number of fused-ring (bicyclic) bond motifs is 1. The molecule has 3 rings (SSSR count). The van der Waals surface area contributed by atoms with Crippen LogP contribution in [0, 0.1) is 0 Å². The van der Waals surface area contributed by atoms with Crippen molar-refractivity contribution in [3.05, 3.63) is 48.3 Å². The van der Waals surface area contributed by atoms with E-state index in [0.29, 0.717) is 11.2 Å². The van der Waals surface area contributed by atoms with Gasteiger partial charge in [-0.1, -0.05) is 32.9 Å².